The molecule has 2 heteroatoms. The van der Waals surface area contributed by atoms with Gasteiger partial charge in [-0.3, -0.25) is 4.98 Å². The van der Waals surface area contributed by atoms with E-state index in [1.807, 2.05) is 23.6 Å². The minimum atomic E-state index is 1.14. The summed E-state index contributed by atoms with van der Waals surface area (Å²) in [6.07, 6.45) is 1.86. The van der Waals surface area contributed by atoms with Crippen LogP contribution in [-0.2, 0) is 0 Å². The van der Waals surface area contributed by atoms with Crippen molar-refractivity contribution in [2.45, 2.75) is 6.92 Å². The van der Waals surface area contributed by atoms with Crippen LogP contribution in [0.2, 0.25) is 0 Å². The van der Waals surface area contributed by atoms with Gasteiger partial charge in [0.2, 0.25) is 0 Å². The van der Waals surface area contributed by atoms with E-state index in [1.54, 1.807) is 0 Å². The van der Waals surface area contributed by atoms with Crippen LogP contribution in [0.5, 0.6) is 0 Å². The highest BCUT2D eigenvalue weighted by molar-refractivity contribution is 7.25. The zero-order chi connectivity index (χ0) is 9.54. The molecule has 2 heterocycles. The lowest BCUT2D eigenvalue weighted by Crippen LogP contribution is -1.75. The molecule has 3 aromatic rings. The second-order valence-electron chi connectivity index (χ2n) is 3.40. The Labute approximate surface area is 86.0 Å². The second kappa shape index (κ2) is 2.79. The SMILES string of the molecule is Cc1cccc2sc3cccnc3c12. The molecule has 0 spiro atoms. The lowest BCUT2D eigenvalue weighted by atomic mass is 10.1. The van der Waals surface area contributed by atoms with Crippen LogP contribution in [0.15, 0.2) is 36.5 Å². The number of benzene rings is 1. The van der Waals surface area contributed by atoms with Gasteiger partial charge in [0.25, 0.3) is 0 Å². The third kappa shape index (κ3) is 0.976. The molecule has 0 aliphatic carbocycles. The van der Waals surface area contributed by atoms with Crippen LogP contribution < -0.4 is 0 Å². The van der Waals surface area contributed by atoms with Crippen molar-refractivity contribution in [3.05, 3.63) is 42.1 Å². The monoisotopic (exact) mass is 199 g/mol. The molecule has 0 saturated heterocycles. The molecule has 0 N–H and O–H groups in total. The lowest BCUT2D eigenvalue weighted by molar-refractivity contribution is 1.43. The van der Waals surface area contributed by atoms with Crippen LogP contribution in [0.3, 0.4) is 0 Å². The molecule has 1 nitrogen and oxygen atoms in total. The number of hydrogen-bond donors (Lipinski definition) is 0. The van der Waals surface area contributed by atoms with Crippen molar-refractivity contribution in [1.82, 2.24) is 4.98 Å². The van der Waals surface area contributed by atoms with E-state index in [-0.39, 0.29) is 0 Å². The van der Waals surface area contributed by atoms with E-state index < -0.39 is 0 Å². The summed E-state index contributed by atoms with van der Waals surface area (Å²) < 4.78 is 2.61. The molecule has 0 bridgehead atoms. The van der Waals surface area contributed by atoms with E-state index in [1.165, 1.54) is 20.3 Å². The average molecular weight is 199 g/mol. The molecule has 68 valence electrons. The molecule has 1 aromatic carbocycles. The summed E-state index contributed by atoms with van der Waals surface area (Å²) in [5, 5.41) is 1.31. The Hall–Kier alpha value is -1.41. The van der Waals surface area contributed by atoms with Crippen LogP contribution >= 0.6 is 11.3 Å². The summed E-state index contributed by atoms with van der Waals surface area (Å²) in [6, 6.07) is 10.5. The van der Waals surface area contributed by atoms with Gasteiger partial charge in [-0.05, 0) is 30.7 Å². The molecule has 0 aliphatic heterocycles. The third-order valence-corrected chi connectivity index (χ3v) is 3.57. The number of aromatic nitrogens is 1. The van der Waals surface area contributed by atoms with Crippen LogP contribution in [0.25, 0.3) is 20.3 Å². The normalized spacial score (nSPS) is 11.2. The Kier molecular flexibility index (Phi) is 1.58. The average Bonchev–Trinajstić information content (AvgIpc) is 2.57. The summed E-state index contributed by atoms with van der Waals surface area (Å²) in [5.41, 5.74) is 2.46. The van der Waals surface area contributed by atoms with E-state index >= 15 is 0 Å². The number of hydrogen-bond acceptors (Lipinski definition) is 2. The van der Waals surface area contributed by atoms with Crippen LogP contribution in [0.1, 0.15) is 5.56 Å². The summed E-state index contributed by atoms with van der Waals surface area (Å²) in [4.78, 5) is 4.44. The smallest absolute Gasteiger partial charge is 0.0890 e. The van der Waals surface area contributed by atoms with Crippen molar-refractivity contribution in [2.24, 2.45) is 0 Å². The maximum Gasteiger partial charge on any atom is 0.0890 e. The molecule has 0 saturated carbocycles. The van der Waals surface area contributed by atoms with E-state index in [0.717, 1.165) is 5.52 Å². The van der Waals surface area contributed by atoms with Gasteiger partial charge in [-0.15, -0.1) is 11.3 Å². The van der Waals surface area contributed by atoms with Gasteiger partial charge in [-0.1, -0.05) is 12.1 Å². The third-order valence-electron chi connectivity index (χ3n) is 2.46. The number of thiophene rings is 1. The number of pyridine rings is 1. The van der Waals surface area contributed by atoms with Gasteiger partial charge < -0.3 is 0 Å². The van der Waals surface area contributed by atoms with Gasteiger partial charge in [0.15, 0.2) is 0 Å². The maximum absolute atomic E-state index is 4.44. The highest BCUT2D eigenvalue weighted by Gasteiger charge is 2.06. The van der Waals surface area contributed by atoms with Gasteiger partial charge >= 0.3 is 0 Å². The largest absolute Gasteiger partial charge is 0.255 e. The van der Waals surface area contributed by atoms with Crippen molar-refractivity contribution in [3.8, 4) is 0 Å². The van der Waals surface area contributed by atoms with Crippen LogP contribution in [0, 0.1) is 6.92 Å². The topological polar surface area (TPSA) is 12.9 Å². The first kappa shape index (κ1) is 7.94. The lowest BCUT2D eigenvalue weighted by Gasteiger charge is -1.94. The van der Waals surface area contributed by atoms with Gasteiger partial charge in [-0.2, -0.15) is 0 Å². The van der Waals surface area contributed by atoms with Gasteiger partial charge in [0.05, 0.1) is 10.2 Å². The number of fused-ring (bicyclic) bond motifs is 3. The minimum absolute atomic E-state index is 1.14. The molecule has 0 amide bonds. The molecule has 0 fully saturated rings. The van der Waals surface area contributed by atoms with E-state index in [9.17, 15) is 0 Å². The predicted octanol–water partition coefficient (Wildman–Crippen LogP) is 3.76. The molecule has 2 aromatic heterocycles. The highest BCUT2D eigenvalue weighted by atomic mass is 32.1. The molecule has 0 aliphatic rings. The van der Waals surface area contributed by atoms with Gasteiger partial charge in [0.1, 0.15) is 0 Å². The van der Waals surface area contributed by atoms with E-state index in [0.29, 0.717) is 0 Å². The Balaban J connectivity index is 2.65. The molecule has 0 radical (unpaired) electrons. The summed E-state index contributed by atoms with van der Waals surface area (Å²) in [5.74, 6) is 0. The molecular formula is C12H9NS. The fraction of sp³-hybridized carbons (Fsp3) is 0.0833. The second-order valence-corrected chi connectivity index (χ2v) is 4.48. The minimum Gasteiger partial charge on any atom is -0.255 e. The van der Waals surface area contributed by atoms with Crippen LogP contribution in [0.4, 0.5) is 0 Å². The predicted molar refractivity (Wildman–Crippen MR) is 61.9 cm³/mol. The summed E-state index contributed by atoms with van der Waals surface area (Å²) >= 11 is 1.81. The van der Waals surface area contributed by atoms with Crippen molar-refractivity contribution >= 4 is 31.6 Å². The van der Waals surface area contributed by atoms with E-state index in [4.69, 9.17) is 0 Å². The van der Waals surface area contributed by atoms with E-state index in [2.05, 4.69) is 36.2 Å². The Morgan fingerprint density at radius 3 is 2.86 bits per heavy atom. The zero-order valence-electron chi connectivity index (χ0n) is 7.82. The van der Waals surface area contributed by atoms with Crippen molar-refractivity contribution in [2.75, 3.05) is 0 Å². The fourth-order valence-electron chi connectivity index (χ4n) is 1.81. The Morgan fingerprint density at radius 2 is 1.93 bits per heavy atom. The number of aryl methyl sites for hydroxylation is 1. The Bertz CT molecular complexity index is 610. The zero-order valence-corrected chi connectivity index (χ0v) is 8.64. The quantitative estimate of drug-likeness (QED) is 0.537. The first-order chi connectivity index (χ1) is 6.86. The first-order valence-corrected chi connectivity index (χ1v) is 5.41. The molecule has 14 heavy (non-hydrogen) atoms. The van der Waals surface area contributed by atoms with Crippen molar-refractivity contribution in [1.29, 1.82) is 0 Å². The number of nitrogens with zero attached hydrogens (tertiary/aromatic N) is 1. The standard InChI is InChI=1S/C12H9NS/c1-8-4-2-5-9-11(8)12-10(14-9)6-3-7-13-12/h2-7H,1H3. The molecular weight excluding hydrogens is 190 g/mol. The van der Waals surface area contributed by atoms with Crippen LogP contribution in [-0.4, -0.2) is 4.98 Å². The maximum atomic E-state index is 4.44. The van der Waals surface area contributed by atoms with Crippen molar-refractivity contribution < 1.29 is 0 Å². The molecule has 0 unspecified atom stereocenters. The van der Waals surface area contributed by atoms with Gasteiger partial charge in [0, 0.05) is 16.3 Å². The van der Waals surface area contributed by atoms with Gasteiger partial charge in [-0.25, -0.2) is 0 Å². The summed E-state index contributed by atoms with van der Waals surface area (Å²) in [7, 11) is 0. The number of rotatable bonds is 0. The van der Waals surface area contributed by atoms with Crippen molar-refractivity contribution in [3.63, 3.8) is 0 Å². The fourth-order valence-corrected chi connectivity index (χ4v) is 2.95. The molecule has 3 rings (SSSR count). The Morgan fingerprint density at radius 1 is 1.07 bits per heavy atom. The highest BCUT2D eigenvalue weighted by Crippen LogP contribution is 2.33. The summed E-state index contributed by atoms with van der Waals surface area (Å²) in [6.45, 7) is 2.14. The first-order valence-electron chi connectivity index (χ1n) is 4.59. The molecule has 0 atom stereocenters.